The summed E-state index contributed by atoms with van der Waals surface area (Å²) in [6, 6.07) is 3.97. The first-order chi connectivity index (χ1) is 18.8. The van der Waals surface area contributed by atoms with Crippen LogP contribution in [0.15, 0.2) is 43.1 Å². The van der Waals surface area contributed by atoms with E-state index in [2.05, 4.69) is 49.1 Å². The molecule has 1 amide bonds. The van der Waals surface area contributed by atoms with Gasteiger partial charge < -0.3 is 15.2 Å². The minimum atomic E-state index is -3.46. The number of nitrogens with one attached hydrogen (secondary N) is 2. The molecule has 1 aliphatic carbocycles. The molecule has 0 atom stereocenters. The monoisotopic (exact) mass is 566 g/mol. The highest BCUT2D eigenvalue weighted by molar-refractivity contribution is 7.99. The fourth-order valence-electron chi connectivity index (χ4n) is 4.70. The number of carbonyl (C=O) groups excluding carboxylic acids is 1. The molecule has 0 bridgehead atoms. The van der Waals surface area contributed by atoms with Gasteiger partial charge in [-0.3, -0.25) is 4.79 Å². The van der Waals surface area contributed by atoms with Crippen molar-refractivity contribution in [3.63, 3.8) is 0 Å². The maximum Gasteiger partial charge on any atom is 0.256 e. The van der Waals surface area contributed by atoms with Crippen LogP contribution in [0.2, 0.25) is 0 Å². The fourth-order valence-corrected chi connectivity index (χ4v) is 7.29. The minimum Gasteiger partial charge on any atom is -0.349 e. The Morgan fingerprint density at radius 3 is 2.62 bits per heavy atom. The van der Waals surface area contributed by atoms with Crippen LogP contribution in [0, 0.1) is 0 Å². The lowest BCUT2D eigenvalue weighted by Crippen LogP contribution is -2.37. The molecule has 0 spiro atoms. The summed E-state index contributed by atoms with van der Waals surface area (Å²) >= 11 is 1.93. The number of nitrogens with zero attached hydrogens (tertiary/aromatic N) is 6. The fraction of sp³-hybridized carbons (Fsp3) is 0.423. The van der Waals surface area contributed by atoms with Crippen LogP contribution in [0.25, 0.3) is 22.3 Å². The molecule has 0 radical (unpaired) electrons. The molecule has 2 aliphatic rings. The molecule has 4 aromatic rings. The van der Waals surface area contributed by atoms with Crippen molar-refractivity contribution in [1.29, 1.82) is 0 Å². The van der Waals surface area contributed by atoms with E-state index in [1.807, 2.05) is 24.0 Å². The Morgan fingerprint density at radius 2 is 1.87 bits per heavy atom. The minimum absolute atomic E-state index is 0.0662. The molecule has 204 valence electrons. The first-order valence-corrected chi connectivity index (χ1v) is 15.7. The molecule has 1 aliphatic heterocycles. The number of rotatable bonds is 8. The van der Waals surface area contributed by atoms with Crippen molar-refractivity contribution in [2.75, 3.05) is 16.8 Å². The van der Waals surface area contributed by atoms with E-state index in [1.54, 1.807) is 18.5 Å². The van der Waals surface area contributed by atoms with Crippen LogP contribution in [0.5, 0.6) is 0 Å². The topological polar surface area (TPSA) is 137 Å². The van der Waals surface area contributed by atoms with Crippen LogP contribution >= 0.6 is 11.8 Å². The van der Waals surface area contributed by atoms with Crippen LogP contribution in [0.4, 0.5) is 11.6 Å². The van der Waals surface area contributed by atoms with Crippen molar-refractivity contribution >= 4 is 50.2 Å². The lowest BCUT2D eigenvalue weighted by Gasteiger charge is -2.22. The van der Waals surface area contributed by atoms with Gasteiger partial charge in [0.2, 0.25) is 0 Å². The van der Waals surface area contributed by atoms with Gasteiger partial charge in [0.1, 0.15) is 11.6 Å². The van der Waals surface area contributed by atoms with Gasteiger partial charge in [-0.2, -0.15) is 20.9 Å². The molecule has 6 rings (SSSR count). The van der Waals surface area contributed by atoms with E-state index < -0.39 is 10.0 Å². The highest BCUT2D eigenvalue weighted by atomic mass is 32.2. The van der Waals surface area contributed by atoms with Crippen molar-refractivity contribution in [2.24, 2.45) is 0 Å². The van der Waals surface area contributed by atoms with Crippen molar-refractivity contribution in [1.82, 2.24) is 34.0 Å². The molecule has 1 saturated heterocycles. The molecule has 39 heavy (non-hydrogen) atoms. The Hall–Kier alpha value is -3.45. The average molecular weight is 567 g/mol. The van der Waals surface area contributed by atoms with E-state index in [0.29, 0.717) is 41.4 Å². The number of carbonyl (C=O) groups is 1. The van der Waals surface area contributed by atoms with Crippen molar-refractivity contribution in [3.8, 4) is 11.4 Å². The van der Waals surface area contributed by atoms with E-state index in [4.69, 9.17) is 0 Å². The summed E-state index contributed by atoms with van der Waals surface area (Å²) in [5.41, 5.74) is 2.03. The molecule has 2 fully saturated rings. The van der Waals surface area contributed by atoms with E-state index in [0.717, 1.165) is 39.3 Å². The number of aromatic nitrogens is 6. The number of hydrogen-bond acceptors (Lipinski definition) is 9. The maximum absolute atomic E-state index is 13.2. The van der Waals surface area contributed by atoms with E-state index in [1.165, 1.54) is 12.4 Å². The smallest absolute Gasteiger partial charge is 0.256 e. The highest BCUT2D eigenvalue weighted by Gasteiger charge is 2.37. The Labute approximate surface area is 230 Å². The zero-order valence-electron chi connectivity index (χ0n) is 21.7. The summed E-state index contributed by atoms with van der Waals surface area (Å²) in [6.45, 7) is 4.15. The third kappa shape index (κ3) is 5.24. The second-order valence-electron chi connectivity index (χ2n) is 10.2. The lowest BCUT2D eigenvalue weighted by molar-refractivity contribution is 0.0936. The molecular formula is C26H30N8O3S2. The highest BCUT2D eigenvalue weighted by Crippen LogP contribution is 2.31. The predicted octanol–water partition coefficient (Wildman–Crippen LogP) is 3.98. The van der Waals surface area contributed by atoms with Crippen LogP contribution in [-0.4, -0.2) is 65.8 Å². The van der Waals surface area contributed by atoms with Crippen molar-refractivity contribution < 1.29 is 13.2 Å². The first-order valence-electron chi connectivity index (χ1n) is 13.1. The third-order valence-corrected chi connectivity index (χ3v) is 10.1. The summed E-state index contributed by atoms with van der Waals surface area (Å²) in [7, 11) is -3.46. The number of amides is 1. The summed E-state index contributed by atoms with van der Waals surface area (Å²) in [5, 5.41) is 10.9. The van der Waals surface area contributed by atoms with Crippen LogP contribution in [-0.2, 0) is 10.0 Å². The van der Waals surface area contributed by atoms with E-state index in [-0.39, 0.29) is 23.2 Å². The van der Waals surface area contributed by atoms with Gasteiger partial charge in [0.15, 0.2) is 5.82 Å². The second-order valence-corrected chi connectivity index (χ2v) is 13.5. The summed E-state index contributed by atoms with van der Waals surface area (Å²) < 4.78 is 28.1. The zero-order chi connectivity index (χ0) is 27.1. The van der Waals surface area contributed by atoms with Gasteiger partial charge in [-0.05, 0) is 57.1 Å². The standard InChI is InChI=1S/C26H30N8O3S2/c1-16(2)33-15-21(26(35)30-18-6-9-38-10-7-18)20-13-28-24(11-22(20)33)31-23-5-8-27-25(32-23)17-12-29-34(14-17)39(36,37)19-3-4-19/h5,8,11-16,18-19H,3-4,6-7,9-10H2,1-2H3,(H,30,35)(H,27,28,31,32). The SMILES string of the molecule is CC(C)n1cc(C(=O)NC2CCSCC2)c2cnc(Nc3ccnc(-c4cnn(S(=O)(=O)C5CC5)c4)n3)cc21. The van der Waals surface area contributed by atoms with Gasteiger partial charge >= 0.3 is 0 Å². The van der Waals surface area contributed by atoms with Gasteiger partial charge in [-0.25, -0.2) is 23.4 Å². The first kappa shape index (κ1) is 25.8. The number of fused-ring (bicyclic) bond motifs is 1. The van der Waals surface area contributed by atoms with Crippen LogP contribution in [0.1, 0.15) is 55.9 Å². The Kier molecular flexibility index (Phi) is 6.79. The molecule has 0 unspecified atom stereocenters. The largest absolute Gasteiger partial charge is 0.349 e. The van der Waals surface area contributed by atoms with E-state index >= 15 is 0 Å². The predicted molar refractivity (Wildman–Crippen MR) is 152 cm³/mol. The number of thioether (sulfide) groups is 1. The second kappa shape index (κ2) is 10.3. The molecular weight excluding hydrogens is 536 g/mol. The zero-order valence-corrected chi connectivity index (χ0v) is 23.4. The number of hydrogen-bond donors (Lipinski definition) is 2. The van der Waals surface area contributed by atoms with Crippen LogP contribution in [0.3, 0.4) is 0 Å². The molecule has 2 N–H and O–H groups in total. The van der Waals surface area contributed by atoms with Gasteiger partial charge in [0.25, 0.3) is 15.9 Å². The Balaban J connectivity index is 1.25. The summed E-state index contributed by atoms with van der Waals surface area (Å²) in [5.74, 6) is 3.49. The Morgan fingerprint density at radius 1 is 1.08 bits per heavy atom. The average Bonchev–Trinajstić information content (AvgIpc) is 3.54. The van der Waals surface area contributed by atoms with Crippen molar-refractivity contribution in [3.05, 3.63) is 48.7 Å². The lowest BCUT2D eigenvalue weighted by atomic mass is 10.1. The molecule has 0 aromatic carbocycles. The van der Waals surface area contributed by atoms with Gasteiger partial charge in [-0.1, -0.05) is 0 Å². The quantitative estimate of drug-likeness (QED) is 0.324. The molecule has 1 saturated carbocycles. The molecule has 5 heterocycles. The Bertz CT molecular complexity index is 1640. The third-order valence-electron chi connectivity index (χ3n) is 7.01. The normalized spacial score (nSPS) is 16.6. The molecule has 4 aromatic heterocycles. The number of pyridine rings is 1. The summed E-state index contributed by atoms with van der Waals surface area (Å²) in [4.78, 5) is 26.6. The maximum atomic E-state index is 13.2. The van der Waals surface area contributed by atoms with Crippen molar-refractivity contribution in [2.45, 2.75) is 56.9 Å². The molecule has 13 heteroatoms. The van der Waals surface area contributed by atoms with Crippen LogP contribution < -0.4 is 10.6 Å². The number of anilines is 2. The summed E-state index contributed by atoms with van der Waals surface area (Å²) in [6.07, 6.45) is 11.4. The van der Waals surface area contributed by atoms with Gasteiger partial charge in [0, 0.05) is 42.1 Å². The van der Waals surface area contributed by atoms with E-state index in [9.17, 15) is 13.2 Å². The van der Waals surface area contributed by atoms with Gasteiger partial charge in [0.05, 0.1) is 34.3 Å². The molecule has 11 nitrogen and oxygen atoms in total. The van der Waals surface area contributed by atoms with Gasteiger partial charge in [-0.15, -0.1) is 0 Å².